The first-order chi connectivity index (χ1) is 9.74. The molecular weight excluding hydrogens is 256 g/mol. The van der Waals surface area contributed by atoms with Gasteiger partial charge in [-0.1, -0.05) is 5.16 Å². The average Bonchev–Trinajstić information content (AvgIpc) is 3.07. The predicted molar refractivity (Wildman–Crippen MR) is 74.4 cm³/mol. The first kappa shape index (κ1) is 12.7. The number of furan rings is 1. The molecule has 20 heavy (non-hydrogen) atoms. The monoisotopic (exact) mass is 272 g/mol. The molecule has 6 heteroatoms. The minimum absolute atomic E-state index is 0.257. The van der Waals surface area contributed by atoms with Crippen LogP contribution in [-0.2, 0) is 6.42 Å². The van der Waals surface area contributed by atoms with Gasteiger partial charge in [0.05, 0.1) is 12.0 Å². The molecule has 0 aliphatic rings. The molecule has 0 saturated heterocycles. The second kappa shape index (κ2) is 5.32. The minimum atomic E-state index is 0.257. The Balaban J connectivity index is 1.71. The minimum Gasteiger partial charge on any atom is -0.469 e. The van der Waals surface area contributed by atoms with Crippen LogP contribution >= 0.6 is 0 Å². The van der Waals surface area contributed by atoms with Crippen molar-refractivity contribution < 1.29 is 8.94 Å². The fourth-order valence-electron chi connectivity index (χ4n) is 2.15. The number of anilines is 1. The lowest BCUT2D eigenvalue weighted by atomic mass is 10.1. The summed E-state index contributed by atoms with van der Waals surface area (Å²) in [5.74, 6) is 1.76. The van der Waals surface area contributed by atoms with Crippen LogP contribution in [0.4, 0.5) is 5.82 Å². The third-order valence-corrected chi connectivity index (χ3v) is 3.23. The van der Waals surface area contributed by atoms with Crippen molar-refractivity contribution in [1.29, 1.82) is 0 Å². The van der Waals surface area contributed by atoms with Crippen molar-refractivity contribution in [2.24, 2.45) is 0 Å². The Hall–Kier alpha value is -2.37. The van der Waals surface area contributed by atoms with Crippen LogP contribution in [0.3, 0.4) is 0 Å². The van der Waals surface area contributed by atoms with E-state index >= 15 is 0 Å². The summed E-state index contributed by atoms with van der Waals surface area (Å²) >= 11 is 0. The van der Waals surface area contributed by atoms with E-state index in [1.54, 1.807) is 6.26 Å². The number of aryl methyl sites for hydroxylation is 2. The van der Waals surface area contributed by atoms with Gasteiger partial charge in [-0.25, -0.2) is 4.98 Å². The van der Waals surface area contributed by atoms with Crippen molar-refractivity contribution in [3.8, 4) is 0 Å². The van der Waals surface area contributed by atoms with Crippen molar-refractivity contribution in [1.82, 2.24) is 15.1 Å². The number of nitrogens with one attached hydrogen (secondary N) is 1. The average molecular weight is 272 g/mol. The van der Waals surface area contributed by atoms with Crippen LogP contribution in [0.5, 0.6) is 0 Å². The Morgan fingerprint density at radius 1 is 1.35 bits per heavy atom. The molecule has 104 valence electrons. The quantitative estimate of drug-likeness (QED) is 0.769. The topological polar surface area (TPSA) is 77.0 Å². The Bertz CT molecular complexity index is 690. The summed E-state index contributed by atoms with van der Waals surface area (Å²) in [6.45, 7) is 3.99. The van der Waals surface area contributed by atoms with Crippen molar-refractivity contribution in [2.75, 3.05) is 5.32 Å². The van der Waals surface area contributed by atoms with Crippen LogP contribution in [0.25, 0.3) is 11.1 Å². The van der Waals surface area contributed by atoms with Gasteiger partial charge in [0.1, 0.15) is 23.3 Å². The first-order valence-electron chi connectivity index (χ1n) is 6.60. The van der Waals surface area contributed by atoms with Crippen LogP contribution in [0, 0.1) is 6.92 Å². The van der Waals surface area contributed by atoms with Gasteiger partial charge in [-0.15, -0.1) is 0 Å². The molecule has 1 N–H and O–H groups in total. The zero-order chi connectivity index (χ0) is 13.9. The summed E-state index contributed by atoms with van der Waals surface area (Å²) in [7, 11) is 0. The fourth-order valence-corrected chi connectivity index (χ4v) is 2.15. The van der Waals surface area contributed by atoms with Crippen molar-refractivity contribution >= 4 is 16.9 Å². The summed E-state index contributed by atoms with van der Waals surface area (Å²) in [5, 5.41) is 8.14. The van der Waals surface area contributed by atoms with E-state index in [0.717, 1.165) is 35.5 Å². The van der Waals surface area contributed by atoms with Gasteiger partial charge in [0.15, 0.2) is 0 Å². The number of aromatic nitrogens is 3. The smallest absolute Gasteiger partial charge is 0.263 e. The molecule has 0 bridgehead atoms. The molecule has 3 aromatic heterocycles. The van der Waals surface area contributed by atoms with Crippen LogP contribution in [0.15, 0.2) is 33.7 Å². The molecule has 0 spiro atoms. The van der Waals surface area contributed by atoms with E-state index < -0.39 is 0 Å². The molecule has 0 aromatic carbocycles. The lowest BCUT2D eigenvalue weighted by molar-refractivity contribution is 0.442. The molecule has 3 heterocycles. The van der Waals surface area contributed by atoms with Gasteiger partial charge >= 0.3 is 0 Å². The maximum Gasteiger partial charge on any atom is 0.263 e. The lowest BCUT2D eigenvalue weighted by Gasteiger charge is -2.14. The Kier molecular flexibility index (Phi) is 3.37. The van der Waals surface area contributed by atoms with Gasteiger partial charge in [0, 0.05) is 12.5 Å². The summed E-state index contributed by atoms with van der Waals surface area (Å²) in [4.78, 5) is 8.34. The molecule has 0 fully saturated rings. The van der Waals surface area contributed by atoms with Crippen LogP contribution in [0.2, 0.25) is 0 Å². The van der Waals surface area contributed by atoms with E-state index in [-0.39, 0.29) is 6.04 Å². The number of hydrogen-bond donors (Lipinski definition) is 1. The zero-order valence-electron chi connectivity index (χ0n) is 11.5. The van der Waals surface area contributed by atoms with Gasteiger partial charge in [-0.2, -0.15) is 4.98 Å². The largest absolute Gasteiger partial charge is 0.469 e. The Morgan fingerprint density at radius 3 is 3.05 bits per heavy atom. The second-order valence-electron chi connectivity index (χ2n) is 4.83. The van der Waals surface area contributed by atoms with Crippen LogP contribution in [-0.4, -0.2) is 21.2 Å². The van der Waals surface area contributed by atoms with Gasteiger partial charge in [-0.05, 0) is 32.4 Å². The summed E-state index contributed by atoms with van der Waals surface area (Å²) in [5.41, 5.74) is 1.31. The third kappa shape index (κ3) is 2.49. The fraction of sp³-hybridized carbons (Fsp3) is 0.357. The Labute approximate surface area is 116 Å². The lowest BCUT2D eigenvalue weighted by Crippen LogP contribution is -2.17. The van der Waals surface area contributed by atoms with Gasteiger partial charge < -0.3 is 14.3 Å². The number of nitrogens with zero attached hydrogens (tertiary/aromatic N) is 3. The standard InChI is InChI=1S/C14H16N4O2/c1-9(5-6-11-4-3-7-19-11)17-13-12-10(2)18-20-14(12)16-8-15-13/h3-4,7-9H,5-6H2,1-2H3,(H,15,16,17). The molecule has 1 atom stereocenters. The Morgan fingerprint density at radius 2 is 2.25 bits per heavy atom. The first-order valence-corrected chi connectivity index (χ1v) is 6.60. The summed E-state index contributed by atoms with van der Waals surface area (Å²) in [6, 6.07) is 4.15. The zero-order valence-corrected chi connectivity index (χ0v) is 11.5. The van der Waals surface area contributed by atoms with Gasteiger partial charge in [-0.3, -0.25) is 0 Å². The molecule has 0 radical (unpaired) electrons. The highest BCUT2D eigenvalue weighted by molar-refractivity contribution is 5.87. The number of hydrogen-bond acceptors (Lipinski definition) is 6. The van der Waals surface area contributed by atoms with E-state index in [4.69, 9.17) is 8.94 Å². The highest BCUT2D eigenvalue weighted by Gasteiger charge is 2.13. The second-order valence-corrected chi connectivity index (χ2v) is 4.83. The maximum atomic E-state index is 5.33. The molecule has 1 unspecified atom stereocenters. The molecular formula is C14H16N4O2. The van der Waals surface area contributed by atoms with Gasteiger partial charge in [0.2, 0.25) is 0 Å². The predicted octanol–water partition coefficient (Wildman–Crippen LogP) is 2.95. The van der Waals surface area contributed by atoms with E-state index in [1.807, 2.05) is 19.1 Å². The molecule has 3 rings (SSSR count). The number of fused-ring (bicyclic) bond motifs is 1. The highest BCUT2D eigenvalue weighted by Crippen LogP contribution is 2.23. The van der Waals surface area contributed by atoms with Gasteiger partial charge in [0.25, 0.3) is 5.71 Å². The SMILES string of the molecule is Cc1noc2ncnc(NC(C)CCc3ccco3)c12. The summed E-state index contributed by atoms with van der Waals surface area (Å²) < 4.78 is 10.5. The molecule has 6 nitrogen and oxygen atoms in total. The van der Waals surface area contributed by atoms with Crippen molar-refractivity contribution in [3.05, 3.63) is 36.2 Å². The maximum absolute atomic E-state index is 5.33. The molecule has 0 amide bonds. The van der Waals surface area contributed by atoms with Crippen LogP contribution in [0.1, 0.15) is 24.8 Å². The van der Waals surface area contributed by atoms with Crippen molar-refractivity contribution in [3.63, 3.8) is 0 Å². The van der Waals surface area contributed by atoms with E-state index in [9.17, 15) is 0 Å². The molecule has 0 aliphatic heterocycles. The third-order valence-electron chi connectivity index (χ3n) is 3.23. The number of rotatable bonds is 5. The van der Waals surface area contributed by atoms with Crippen molar-refractivity contribution in [2.45, 2.75) is 32.7 Å². The van der Waals surface area contributed by atoms with E-state index in [0.29, 0.717) is 5.71 Å². The normalized spacial score (nSPS) is 12.7. The van der Waals surface area contributed by atoms with E-state index in [1.165, 1.54) is 6.33 Å². The van der Waals surface area contributed by atoms with Crippen LogP contribution < -0.4 is 5.32 Å². The molecule has 3 aromatic rings. The molecule has 0 aliphatic carbocycles. The summed E-state index contributed by atoms with van der Waals surface area (Å²) in [6.07, 6.45) is 5.01. The highest BCUT2D eigenvalue weighted by atomic mass is 16.5. The molecule has 0 saturated carbocycles. The van der Waals surface area contributed by atoms with E-state index in [2.05, 4.69) is 27.4 Å².